The average Bonchev–Trinajstić information content (AvgIpc) is 2.84. The molecule has 172 valence electrons. The quantitative estimate of drug-likeness (QED) is 0.455. The van der Waals surface area contributed by atoms with Gasteiger partial charge in [-0.05, 0) is 66.9 Å². The van der Waals surface area contributed by atoms with E-state index in [4.69, 9.17) is 11.0 Å². The summed E-state index contributed by atoms with van der Waals surface area (Å²) in [5.74, 6) is 0.299. The van der Waals surface area contributed by atoms with Gasteiger partial charge in [0.1, 0.15) is 11.9 Å². The number of nitrogens with two attached hydrogens (primary N) is 1. The molecule has 1 aromatic carbocycles. The molecular formula is C27H28N6O. The summed E-state index contributed by atoms with van der Waals surface area (Å²) in [7, 11) is 0. The zero-order valence-electron chi connectivity index (χ0n) is 19.9. The first-order valence-corrected chi connectivity index (χ1v) is 11.2. The summed E-state index contributed by atoms with van der Waals surface area (Å²) in [6, 6.07) is 15.1. The summed E-state index contributed by atoms with van der Waals surface area (Å²) < 4.78 is 0. The molecule has 0 aliphatic heterocycles. The number of benzene rings is 1. The molecule has 0 atom stereocenters. The molecule has 3 heterocycles. The van der Waals surface area contributed by atoms with Gasteiger partial charge in [0.25, 0.3) is 5.91 Å². The van der Waals surface area contributed by atoms with Crippen LogP contribution in [0.5, 0.6) is 0 Å². The molecule has 0 aliphatic rings. The Hall–Kier alpha value is -4.31. The standard InChI is InChI=1S/C25H22N6O.C2H6/c1-15-7-24(27)31-16(2)22(15)14-30-25(32)19-5-6-28-21(11-19)10-17-3-4-23-20(8-17)9-18(12-26)13-29-23;1-2/h3-9,11,13H,10,14H2,1-2H3,(H2,27,31)(H,30,32);1-2H3. The molecular weight excluding hydrogens is 424 g/mol. The molecule has 0 unspecified atom stereocenters. The minimum atomic E-state index is -0.175. The Labute approximate surface area is 199 Å². The second kappa shape index (κ2) is 11.0. The lowest BCUT2D eigenvalue weighted by Gasteiger charge is -2.12. The average molecular weight is 453 g/mol. The van der Waals surface area contributed by atoms with Gasteiger partial charge in [-0.3, -0.25) is 14.8 Å². The zero-order valence-corrected chi connectivity index (χ0v) is 19.9. The van der Waals surface area contributed by atoms with Crippen molar-refractivity contribution in [3.8, 4) is 6.07 Å². The summed E-state index contributed by atoms with van der Waals surface area (Å²) in [4.78, 5) is 25.7. The fraction of sp³-hybridized carbons (Fsp3) is 0.222. The predicted octanol–water partition coefficient (Wildman–Crippen LogP) is 4.64. The Morgan fingerprint density at radius 2 is 1.88 bits per heavy atom. The predicted molar refractivity (Wildman–Crippen MR) is 134 cm³/mol. The number of pyridine rings is 3. The summed E-state index contributed by atoms with van der Waals surface area (Å²) in [5, 5.41) is 13.0. The molecule has 0 saturated heterocycles. The molecule has 0 aliphatic carbocycles. The number of hydrogen-bond acceptors (Lipinski definition) is 6. The maximum atomic E-state index is 12.7. The van der Waals surface area contributed by atoms with Crippen LogP contribution in [0.15, 0.2) is 54.9 Å². The smallest absolute Gasteiger partial charge is 0.251 e. The van der Waals surface area contributed by atoms with E-state index < -0.39 is 0 Å². The maximum absolute atomic E-state index is 12.7. The molecule has 34 heavy (non-hydrogen) atoms. The molecule has 4 aromatic rings. The lowest BCUT2D eigenvalue weighted by Crippen LogP contribution is -2.24. The number of nitrogen functional groups attached to an aromatic ring is 1. The molecule has 4 rings (SSSR count). The highest BCUT2D eigenvalue weighted by atomic mass is 16.1. The third-order valence-electron chi connectivity index (χ3n) is 5.34. The van der Waals surface area contributed by atoms with Gasteiger partial charge in [-0.15, -0.1) is 0 Å². The van der Waals surface area contributed by atoms with Crippen LogP contribution in [0, 0.1) is 25.2 Å². The van der Waals surface area contributed by atoms with Crippen molar-refractivity contribution in [2.75, 3.05) is 5.73 Å². The van der Waals surface area contributed by atoms with E-state index in [1.165, 1.54) is 0 Å². The number of amides is 1. The van der Waals surface area contributed by atoms with Gasteiger partial charge in [0.2, 0.25) is 0 Å². The number of aromatic nitrogens is 3. The van der Waals surface area contributed by atoms with Gasteiger partial charge in [0.15, 0.2) is 0 Å². The van der Waals surface area contributed by atoms with E-state index in [-0.39, 0.29) is 5.91 Å². The van der Waals surface area contributed by atoms with Gasteiger partial charge >= 0.3 is 0 Å². The Balaban J connectivity index is 0.00000158. The number of hydrogen-bond donors (Lipinski definition) is 2. The van der Waals surface area contributed by atoms with Gasteiger partial charge in [0, 0.05) is 47.7 Å². The molecule has 0 fully saturated rings. The maximum Gasteiger partial charge on any atom is 0.251 e. The SMILES string of the molecule is CC.Cc1cc(N)nc(C)c1CNC(=O)c1ccnc(Cc2ccc3ncc(C#N)cc3c2)c1. The van der Waals surface area contributed by atoms with Gasteiger partial charge in [-0.2, -0.15) is 5.26 Å². The molecule has 3 N–H and O–H groups in total. The van der Waals surface area contributed by atoms with Crippen LogP contribution in [-0.2, 0) is 13.0 Å². The van der Waals surface area contributed by atoms with Crippen molar-refractivity contribution in [1.29, 1.82) is 5.26 Å². The first-order chi connectivity index (χ1) is 16.4. The normalized spacial score (nSPS) is 10.2. The van der Waals surface area contributed by atoms with Crippen LogP contribution in [0.25, 0.3) is 10.9 Å². The number of nitriles is 1. The second-order valence-corrected chi connectivity index (χ2v) is 7.69. The highest BCUT2D eigenvalue weighted by molar-refractivity contribution is 5.94. The van der Waals surface area contributed by atoms with E-state index in [0.29, 0.717) is 29.9 Å². The van der Waals surface area contributed by atoms with Gasteiger partial charge < -0.3 is 11.1 Å². The number of fused-ring (bicyclic) bond motifs is 1. The van der Waals surface area contributed by atoms with Crippen molar-refractivity contribution < 1.29 is 4.79 Å². The van der Waals surface area contributed by atoms with E-state index in [2.05, 4.69) is 26.3 Å². The van der Waals surface area contributed by atoms with Crippen molar-refractivity contribution in [3.63, 3.8) is 0 Å². The minimum absolute atomic E-state index is 0.175. The summed E-state index contributed by atoms with van der Waals surface area (Å²) >= 11 is 0. The molecule has 0 radical (unpaired) electrons. The number of aryl methyl sites for hydroxylation is 2. The summed E-state index contributed by atoms with van der Waals surface area (Å²) in [6.45, 7) is 8.21. The summed E-state index contributed by atoms with van der Waals surface area (Å²) in [5.41, 5.74) is 12.2. The van der Waals surface area contributed by atoms with E-state index in [1.54, 1.807) is 30.6 Å². The Kier molecular flexibility index (Phi) is 7.88. The number of anilines is 1. The molecule has 1 amide bonds. The molecule has 7 heteroatoms. The number of nitrogens with zero attached hydrogens (tertiary/aromatic N) is 4. The van der Waals surface area contributed by atoms with Gasteiger partial charge in [-0.25, -0.2) is 4.98 Å². The van der Waals surface area contributed by atoms with Crippen molar-refractivity contribution in [2.45, 2.75) is 40.7 Å². The molecule has 0 spiro atoms. The number of carbonyl (C=O) groups is 1. The zero-order chi connectivity index (χ0) is 24.7. The van der Waals surface area contributed by atoms with Crippen LogP contribution in [-0.4, -0.2) is 20.9 Å². The fourth-order valence-electron chi connectivity index (χ4n) is 3.70. The topological polar surface area (TPSA) is 118 Å². The van der Waals surface area contributed by atoms with Crippen molar-refractivity contribution in [1.82, 2.24) is 20.3 Å². The third-order valence-corrected chi connectivity index (χ3v) is 5.34. The van der Waals surface area contributed by atoms with Gasteiger partial charge in [-0.1, -0.05) is 19.9 Å². The van der Waals surface area contributed by atoms with E-state index in [0.717, 1.165) is 39.0 Å². The van der Waals surface area contributed by atoms with Gasteiger partial charge in [0.05, 0.1) is 11.1 Å². The highest BCUT2D eigenvalue weighted by Crippen LogP contribution is 2.18. The third kappa shape index (κ3) is 5.73. The molecule has 0 bridgehead atoms. The van der Waals surface area contributed by atoms with Crippen LogP contribution in [0.2, 0.25) is 0 Å². The van der Waals surface area contributed by atoms with Crippen LogP contribution in [0.1, 0.15) is 57.8 Å². The van der Waals surface area contributed by atoms with Crippen molar-refractivity contribution >= 4 is 22.6 Å². The Morgan fingerprint density at radius 3 is 2.62 bits per heavy atom. The van der Waals surface area contributed by atoms with Crippen LogP contribution < -0.4 is 11.1 Å². The van der Waals surface area contributed by atoms with E-state index >= 15 is 0 Å². The number of rotatable bonds is 5. The van der Waals surface area contributed by atoms with E-state index in [9.17, 15) is 4.79 Å². The van der Waals surface area contributed by atoms with Crippen LogP contribution in [0.4, 0.5) is 5.82 Å². The monoisotopic (exact) mass is 452 g/mol. The first-order valence-electron chi connectivity index (χ1n) is 11.2. The Morgan fingerprint density at radius 1 is 1.09 bits per heavy atom. The minimum Gasteiger partial charge on any atom is -0.384 e. The number of carbonyl (C=O) groups excluding carboxylic acids is 1. The lowest BCUT2D eigenvalue weighted by atomic mass is 10.0. The highest BCUT2D eigenvalue weighted by Gasteiger charge is 2.11. The number of nitrogens with one attached hydrogen (secondary N) is 1. The lowest BCUT2D eigenvalue weighted by molar-refractivity contribution is 0.0950. The molecule has 7 nitrogen and oxygen atoms in total. The Bertz CT molecular complexity index is 1350. The molecule has 3 aromatic heterocycles. The second-order valence-electron chi connectivity index (χ2n) is 7.69. The molecule has 0 saturated carbocycles. The largest absolute Gasteiger partial charge is 0.384 e. The van der Waals surface area contributed by atoms with Crippen LogP contribution >= 0.6 is 0 Å². The first kappa shape index (κ1) is 24.3. The van der Waals surface area contributed by atoms with Crippen molar-refractivity contribution in [3.05, 3.63) is 94.1 Å². The van der Waals surface area contributed by atoms with Crippen LogP contribution in [0.3, 0.4) is 0 Å². The summed E-state index contributed by atoms with van der Waals surface area (Å²) in [6.07, 6.45) is 3.77. The van der Waals surface area contributed by atoms with Crippen molar-refractivity contribution in [2.24, 2.45) is 0 Å². The fourth-order valence-corrected chi connectivity index (χ4v) is 3.70. The van der Waals surface area contributed by atoms with E-state index in [1.807, 2.05) is 52.0 Å².